The standard InChI is InChI=1S/C59H118O5Si5/c1-26-68(27-2,28-3)62-54(58(16,17)64-69(29-4,30-5)31-6)41-38-48(34-32-42-57(14,15)63-65(19,20)21)52-40-39-51-47(35-33-43-59(51,52)18)36-37-49-44-50(60-66(22,23)55(8,9)10)45-53(46(49)7)61-67(24,25)56(11,12)13/h36-37,48,50-54H,7,26-35,38-45H2,1-6,8-25H3/t48-,50+,51+,52+,53-,54+,59-/m0/s1. The molecule has 3 fully saturated rings. The first-order valence-electron chi connectivity index (χ1n) is 29.0. The average molecular weight is 1050 g/mol. The van der Waals surface area contributed by atoms with Gasteiger partial charge >= 0.3 is 0 Å². The van der Waals surface area contributed by atoms with Gasteiger partial charge in [-0.2, -0.15) is 0 Å². The van der Waals surface area contributed by atoms with Crippen LogP contribution in [0.15, 0.2) is 35.5 Å². The Morgan fingerprint density at radius 2 is 1.22 bits per heavy atom. The SMILES string of the molecule is C=C1C(=CC=C2CCC[C@@]3(C)[C@@H]2CC[C@@H]3[C@@H](CCCC(C)(C)O[Si](C)(C)C)CC[C@@H](O[Si](CC)(CC)CC)C(C)(C)O[Si](CC)(CC)CC)C[C@@H](O[Si](C)(C)C(C)(C)C)C[C@@H]1O[Si](C)(C)C(C)(C)C. The Kier molecular flexibility index (Phi) is 22.4. The van der Waals surface area contributed by atoms with Crippen molar-refractivity contribution in [1.29, 1.82) is 0 Å². The second-order valence-corrected chi connectivity index (χ2v) is 51.7. The minimum absolute atomic E-state index is 0.00101. The Bertz CT molecular complexity index is 1670. The fraction of sp³-hybridized carbons (Fsp3) is 0.898. The van der Waals surface area contributed by atoms with E-state index in [4.69, 9.17) is 28.7 Å². The van der Waals surface area contributed by atoms with E-state index < -0.39 is 41.6 Å². The Morgan fingerprint density at radius 3 is 1.72 bits per heavy atom. The zero-order valence-corrected chi connectivity index (χ0v) is 55.6. The molecule has 0 amide bonds. The van der Waals surface area contributed by atoms with E-state index in [-0.39, 0.29) is 45.0 Å². The van der Waals surface area contributed by atoms with Gasteiger partial charge in [-0.3, -0.25) is 0 Å². The summed E-state index contributed by atoms with van der Waals surface area (Å²) < 4.78 is 36.5. The van der Waals surface area contributed by atoms with Crippen LogP contribution in [0.3, 0.4) is 0 Å². The van der Waals surface area contributed by atoms with Gasteiger partial charge in [0, 0.05) is 6.42 Å². The molecular formula is C59H118O5Si5. The van der Waals surface area contributed by atoms with E-state index in [0.717, 1.165) is 25.7 Å². The predicted molar refractivity (Wildman–Crippen MR) is 316 cm³/mol. The largest absolute Gasteiger partial charge is 0.413 e. The van der Waals surface area contributed by atoms with E-state index >= 15 is 0 Å². The van der Waals surface area contributed by atoms with Crippen LogP contribution < -0.4 is 0 Å². The summed E-state index contributed by atoms with van der Waals surface area (Å²) in [4.78, 5) is 0. The molecule has 3 saturated carbocycles. The maximum absolute atomic E-state index is 7.69. The molecule has 0 aromatic rings. The highest BCUT2D eigenvalue weighted by Crippen LogP contribution is 2.61. The van der Waals surface area contributed by atoms with Gasteiger partial charge in [-0.05, 0) is 212 Å². The molecule has 0 aliphatic heterocycles. The van der Waals surface area contributed by atoms with Crippen LogP contribution in [0.4, 0.5) is 0 Å². The van der Waals surface area contributed by atoms with Gasteiger partial charge in [0.25, 0.3) is 0 Å². The first kappa shape index (κ1) is 63.4. The highest BCUT2D eigenvalue weighted by Gasteiger charge is 2.52. The zero-order valence-electron chi connectivity index (χ0n) is 50.6. The third kappa shape index (κ3) is 16.5. The monoisotopic (exact) mass is 1050 g/mol. The van der Waals surface area contributed by atoms with Crippen molar-refractivity contribution in [2.75, 3.05) is 0 Å². The van der Waals surface area contributed by atoms with Crippen molar-refractivity contribution >= 4 is 41.6 Å². The molecule has 0 saturated heterocycles. The Balaban J connectivity index is 2.08. The highest BCUT2D eigenvalue weighted by molar-refractivity contribution is 6.75. The quantitative estimate of drug-likeness (QED) is 0.0808. The molecule has 3 rings (SSSR count). The Morgan fingerprint density at radius 1 is 0.681 bits per heavy atom. The van der Waals surface area contributed by atoms with E-state index in [1.807, 2.05) is 0 Å². The molecule has 404 valence electrons. The van der Waals surface area contributed by atoms with Gasteiger partial charge in [0.2, 0.25) is 0 Å². The van der Waals surface area contributed by atoms with Crippen LogP contribution in [0.5, 0.6) is 0 Å². The average Bonchev–Trinajstić information content (AvgIpc) is 3.58. The minimum atomic E-state index is -2.04. The van der Waals surface area contributed by atoms with Gasteiger partial charge in [0.15, 0.2) is 41.6 Å². The summed E-state index contributed by atoms with van der Waals surface area (Å²) in [6.07, 6.45) is 19.5. The molecule has 10 heteroatoms. The van der Waals surface area contributed by atoms with Gasteiger partial charge in [-0.15, -0.1) is 0 Å². The van der Waals surface area contributed by atoms with Gasteiger partial charge in [-0.1, -0.05) is 127 Å². The molecule has 69 heavy (non-hydrogen) atoms. The van der Waals surface area contributed by atoms with Crippen molar-refractivity contribution in [3.05, 3.63) is 35.5 Å². The second kappa shape index (κ2) is 24.4. The van der Waals surface area contributed by atoms with Gasteiger partial charge in [0.1, 0.15) is 0 Å². The van der Waals surface area contributed by atoms with Crippen LogP contribution in [-0.4, -0.2) is 71.1 Å². The number of hydrogen-bond donors (Lipinski definition) is 0. The van der Waals surface area contributed by atoms with Gasteiger partial charge in [-0.25, -0.2) is 0 Å². The summed E-state index contributed by atoms with van der Waals surface area (Å²) in [6.45, 7) is 62.2. The molecule has 7 atom stereocenters. The number of rotatable bonds is 26. The van der Waals surface area contributed by atoms with Crippen LogP contribution in [-0.2, 0) is 22.1 Å². The summed E-state index contributed by atoms with van der Waals surface area (Å²) in [5, 5.41) is 0.285. The van der Waals surface area contributed by atoms with Crippen LogP contribution in [0.2, 0.25) is 92.2 Å². The fourth-order valence-electron chi connectivity index (χ4n) is 12.8. The highest BCUT2D eigenvalue weighted by atomic mass is 28.4. The summed E-state index contributed by atoms with van der Waals surface area (Å²) in [5.74, 6) is 1.96. The van der Waals surface area contributed by atoms with Crippen LogP contribution in [0.1, 0.15) is 195 Å². The molecular weight excluding hydrogens is 929 g/mol. The van der Waals surface area contributed by atoms with Crippen molar-refractivity contribution < 1.29 is 22.1 Å². The lowest BCUT2D eigenvalue weighted by molar-refractivity contribution is -0.0376. The molecule has 0 aromatic carbocycles. The predicted octanol–water partition coefficient (Wildman–Crippen LogP) is 19.6. The third-order valence-electron chi connectivity index (χ3n) is 19.6. The molecule has 5 nitrogen and oxygen atoms in total. The van der Waals surface area contributed by atoms with Gasteiger partial charge < -0.3 is 22.1 Å². The molecule has 0 bridgehead atoms. The van der Waals surface area contributed by atoms with Crippen molar-refractivity contribution in [3.8, 4) is 0 Å². The molecule has 0 unspecified atom stereocenters. The zero-order chi connectivity index (χ0) is 52.9. The van der Waals surface area contributed by atoms with Crippen LogP contribution in [0, 0.1) is 23.2 Å². The smallest absolute Gasteiger partial charge is 0.192 e. The van der Waals surface area contributed by atoms with E-state index in [2.05, 4.69) is 176 Å². The lowest BCUT2D eigenvalue weighted by atomic mass is 9.60. The number of fused-ring (bicyclic) bond motifs is 1. The van der Waals surface area contributed by atoms with Crippen molar-refractivity contribution in [3.63, 3.8) is 0 Å². The first-order chi connectivity index (χ1) is 31.4. The topological polar surface area (TPSA) is 46.2 Å². The van der Waals surface area contributed by atoms with Crippen LogP contribution >= 0.6 is 0 Å². The number of hydrogen-bond acceptors (Lipinski definition) is 5. The maximum atomic E-state index is 7.69. The molecule has 3 aliphatic carbocycles. The molecule has 0 radical (unpaired) electrons. The number of allylic oxidation sites excluding steroid dienone is 3. The van der Waals surface area contributed by atoms with Crippen molar-refractivity contribution in [2.45, 2.75) is 316 Å². The lowest BCUT2D eigenvalue weighted by Crippen LogP contribution is -2.54. The van der Waals surface area contributed by atoms with E-state index in [1.54, 1.807) is 5.57 Å². The minimum Gasteiger partial charge on any atom is -0.413 e. The molecule has 0 spiro atoms. The molecule has 0 heterocycles. The van der Waals surface area contributed by atoms with Crippen molar-refractivity contribution in [2.24, 2.45) is 23.2 Å². The third-order valence-corrected chi connectivity index (χ3v) is 39.3. The normalized spacial score (nSPS) is 26.2. The molecule has 0 N–H and O–H groups in total. The summed E-state index contributed by atoms with van der Waals surface area (Å²) in [5.41, 5.74) is 4.11. The fourth-order valence-corrected chi connectivity index (χ4v) is 23.5. The first-order valence-corrected chi connectivity index (χ1v) is 43.3. The van der Waals surface area contributed by atoms with Gasteiger partial charge in [0.05, 0.1) is 29.5 Å². The summed E-state index contributed by atoms with van der Waals surface area (Å²) >= 11 is 0. The maximum Gasteiger partial charge on any atom is 0.192 e. The van der Waals surface area contributed by atoms with E-state index in [1.165, 1.54) is 98.8 Å². The van der Waals surface area contributed by atoms with Crippen LogP contribution in [0.25, 0.3) is 0 Å². The van der Waals surface area contributed by atoms with Crippen molar-refractivity contribution in [1.82, 2.24) is 0 Å². The lowest BCUT2D eigenvalue weighted by Gasteiger charge is -2.48. The second-order valence-electron chi connectivity index (χ2n) is 28.4. The Hall–Kier alpha value is 0.104. The summed E-state index contributed by atoms with van der Waals surface area (Å²) in [7, 11) is -9.50. The Labute approximate surface area is 436 Å². The molecule has 3 aliphatic rings. The van der Waals surface area contributed by atoms with E-state index in [9.17, 15) is 0 Å². The molecule has 0 aromatic heterocycles. The summed E-state index contributed by atoms with van der Waals surface area (Å²) in [6, 6.07) is 7.04. The van der Waals surface area contributed by atoms with E-state index in [0.29, 0.717) is 17.8 Å².